The third-order valence-electron chi connectivity index (χ3n) is 4.70. The average molecular weight is 409 g/mol. The van der Waals surface area contributed by atoms with E-state index in [2.05, 4.69) is 0 Å². The quantitative estimate of drug-likeness (QED) is 0.447. The van der Waals surface area contributed by atoms with Crippen LogP contribution in [0, 0.1) is 5.82 Å². The molecule has 0 aliphatic heterocycles. The van der Waals surface area contributed by atoms with E-state index in [0.717, 1.165) is 28.1 Å². The molecule has 0 unspecified atom stereocenters. The highest BCUT2D eigenvalue weighted by Crippen LogP contribution is 2.29. The summed E-state index contributed by atoms with van der Waals surface area (Å²) in [4.78, 5) is 0. The van der Waals surface area contributed by atoms with E-state index in [1.807, 2.05) is 35.0 Å². The van der Waals surface area contributed by atoms with Gasteiger partial charge in [0.25, 0.3) is 0 Å². The van der Waals surface area contributed by atoms with Crippen molar-refractivity contribution in [2.24, 2.45) is 0 Å². The van der Waals surface area contributed by atoms with Crippen LogP contribution >= 0.6 is 11.6 Å². The summed E-state index contributed by atoms with van der Waals surface area (Å²) in [6.45, 7) is 0.566. The lowest BCUT2D eigenvalue weighted by Gasteiger charge is -2.08. The summed E-state index contributed by atoms with van der Waals surface area (Å²) in [6.07, 6.45) is 0.627. The van der Waals surface area contributed by atoms with Crippen molar-refractivity contribution < 1.29 is 14.6 Å². The number of aromatic nitrogens is 2. The van der Waals surface area contributed by atoms with Crippen LogP contribution < -0.4 is 0 Å². The minimum atomic E-state index is -0.436. The lowest BCUT2D eigenvalue weighted by molar-refractivity contribution is 0.475. The van der Waals surface area contributed by atoms with Crippen LogP contribution in [0.1, 0.15) is 5.56 Å². The lowest BCUT2D eigenvalue weighted by atomic mass is 10.1. The lowest BCUT2D eigenvalue weighted by Crippen LogP contribution is -2.05. The second-order valence-electron chi connectivity index (χ2n) is 6.73. The molecule has 0 aliphatic carbocycles. The number of phenols is 2. The zero-order chi connectivity index (χ0) is 20.4. The van der Waals surface area contributed by atoms with Crippen molar-refractivity contribution in [3.8, 4) is 34.0 Å². The van der Waals surface area contributed by atoms with Gasteiger partial charge in [-0.3, -0.25) is 4.68 Å². The molecule has 4 aromatic rings. The van der Waals surface area contributed by atoms with E-state index >= 15 is 0 Å². The first-order valence-electron chi connectivity index (χ1n) is 9.10. The molecular weight excluding hydrogens is 391 g/mol. The van der Waals surface area contributed by atoms with Crippen LogP contribution in [0.5, 0.6) is 11.5 Å². The topological polar surface area (TPSA) is 58.3 Å². The van der Waals surface area contributed by atoms with E-state index in [4.69, 9.17) is 16.7 Å². The van der Waals surface area contributed by atoms with Gasteiger partial charge in [0.15, 0.2) is 0 Å². The standard InChI is InChI=1S/C23H18ClFN2O2/c24-20-13-15(1-10-21(20)25)11-12-27-23(17-4-8-19(29)9-5-17)14-22(26-27)16-2-6-18(28)7-3-16/h1-10,13-14,28-29H,11-12H2. The Hall–Kier alpha value is -3.31. The van der Waals surface area contributed by atoms with Crippen molar-refractivity contribution in [1.29, 1.82) is 0 Å². The van der Waals surface area contributed by atoms with Crippen molar-refractivity contribution >= 4 is 11.6 Å². The molecule has 1 aromatic heterocycles. The molecule has 0 atom stereocenters. The fourth-order valence-corrected chi connectivity index (χ4v) is 3.36. The maximum Gasteiger partial charge on any atom is 0.141 e. The first kappa shape index (κ1) is 19.0. The van der Waals surface area contributed by atoms with Gasteiger partial charge in [-0.25, -0.2) is 4.39 Å². The highest BCUT2D eigenvalue weighted by molar-refractivity contribution is 6.30. The number of hydrogen-bond donors (Lipinski definition) is 2. The van der Waals surface area contributed by atoms with Gasteiger partial charge in [0.2, 0.25) is 0 Å². The molecule has 6 heteroatoms. The Balaban J connectivity index is 1.68. The van der Waals surface area contributed by atoms with E-state index in [-0.39, 0.29) is 16.5 Å². The van der Waals surface area contributed by atoms with Crippen molar-refractivity contribution in [3.63, 3.8) is 0 Å². The van der Waals surface area contributed by atoms with E-state index < -0.39 is 5.82 Å². The molecule has 0 saturated carbocycles. The molecule has 0 aliphatic rings. The number of halogens is 2. The van der Waals surface area contributed by atoms with Crippen LogP contribution in [-0.2, 0) is 13.0 Å². The van der Waals surface area contributed by atoms with Gasteiger partial charge in [-0.05, 0) is 78.7 Å². The van der Waals surface area contributed by atoms with Gasteiger partial charge in [0.05, 0.1) is 16.4 Å². The van der Waals surface area contributed by atoms with Crippen LogP contribution in [0.3, 0.4) is 0 Å². The molecule has 0 fully saturated rings. The van der Waals surface area contributed by atoms with E-state index in [9.17, 15) is 14.6 Å². The number of nitrogens with zero attached hydrogens (tertiary/aromatic N) is 2. The number of aryl methyl sites for hydroxylation is 2. The Morgan fingerprint density at radius 2 is 1.45 bits per heavy atom. The average Bonchev–Trinajstić information content (AvgIpc) is 3.14. The van der Waals surface area contributed by atoms with Crippen LogP contribution in [0.4, 0.5) is 4.39 Å². The van der Waals surface area contributed by atoms with Gasteiger partial charge in [0, 0.05) is 17.7 Å². The van der Waals surface area contributed by atoms with Crippen molar-refractivity contribution in [3.05, 3.63) is 89.2 Å². The summed E-state index contributed by atoms with van der Waals surface area (Å²) in [5.41, 5.74) is 4.37. The zero-order valence-electron chi connectivity index (χ0n) is 15.4. The summed E-state index contributed by atoms with van der Waals surface area (Å²) in [5, 5.41) is 24.0. The molecule has 4 rings (SSSR count). The molecule has 29 heavy (non-hydrogen) atoms. The smallest absolute Gasteiger partial charge is 0.141 e. The monoisotopic (exact) mass is 408 g/mol. The molecular formula is C23H18ClFN2O2. The van der Waals surface area contributed by atoms with E-state index in [1.165, 1.54) is 6.07 Å². The Morgan fingerprint density at radius 1 is 0.828 bits per heavy atom. The fraction of sp³-hybridized carbons (Fsp3) is 0.0870. The van der Waals surface area contributed by atoms with Gasteiger partial charge in [-0.2, -0.15) is 5.10 Å². The number of aromatic hydroxyl groups is 2. The highest BCUT2D eigenvalue weighted by atomic mass is 35.5. The number of hydrogen-bond acceptors (Lipinski definition) is 3. The minimum Gasteiger partial charge on any atom is -0.508 e. The summed E-state index contributed by atoms with van der Waals surface area (Å²) in [7, 11) is 0. The van der Waals surface area contributed by atoms with Gasteiger partial charge in [-0.1, -0.05) is 17.7 Å². The van der Waals surface area contributed by atoms with Gasteiger partial charge in [-0.15, -0.1) is 0 Å². The second kappa shape index (κ2) is 7.97. The van der Waals surface area contributed by atoms with Crippen molar-refractivity contribution in [1.82, 2.24) is 9.78 Å². The molecule has 0 saturated heterocycles. The molecule has 0 bridgehead atoms. The third-order valence-corrected chi connectivity index (χ3v) is 4.99. The predicted octanol–water partition coefficient (Wildman–Crippen LogP) is 5.66. The predicted molar refractivity (Wildman–Crippen MR) is 112 cm³/mol. The van der Waals surface area contributed by atoms with Crippen LogP contribution in [0.2, 0.25) is 5.02 Å². The minimum absolute atomic E-state index is 0.103. The second-order valence-corrected chi connectivity index (χ2v) is 7.14. The number of benzene rings is 3. The van der Waals surface area contributed by atoms with Gasteiger partial charge in [0.1, 0.15) is 17.3 Å². The van der Waals surface area contributed by atoms with Crippen molar-refractivity contribution in [2.45, 2.75) is 13.0 Å². The van der Waals surface area contributed by atoms with E-state index in [1.54, 1.807) is 36.4 Å². The normalized spacial score (nSPS) is 11.0. The Kier molecular flexibility index (Phi) is 5.23. The molecule has 0 radical (unpaired) electrons. The largest absolute Gasteiger partial charge is 0.508 e. The first-order chi connectivity index (χ1) is 14.0. The molecule has 146 valence electrons. The fourth-order valence-electron chi connectivity index (χ4n) is 3.16. The van der Waals surface area contributed by atoms with Gasteiger partial charge < -0.3 is 10.2 Å². The number of phenolic OH excluding ortho intramolecular Hbond substituents is 2. The Labute approximate surface area is 172 Å². The molecule has 1 heterocycles. The SMILES string of the molecule is Oc1ccc(-c2cc(-c3ccc(O)cc3)n(CCc3ccc(F)c(Cl)c3)n2)cc1. The maximum absolute atomic E-state index is 13.4. The summed E-state index contributed by atoms with van der Waals surface area (Å²) >= 11 is 5.89. The van der Waals surface area contributed by atoms with Crippen molar-refractivity contribution in [2.75, 3.05) is 0 Å². The molecule has 4 nitrogen and oxygen atoms in total. The summed E-state index contributed by atoms with van der Waals surface area (Å²) < 4.78 is 15.3. The maximum atomic E-state index is 13.4. The van der Waals surface area contributed by atoms with E-state index in [0.29, 0.717) is 13.0 Å². The molecule has 2 N–H and O–H groups in total. The number of rotatable bonds is 5. The highest BCUT2D eigenvalue weighted by Gasteiger charge is 2.12. The zero-order valence-corrected chi connectivity index (χ0v) is 16.1. The summed E-state index contributed by atoms with van der Waals surface area (Å²) in [5.74, 6) is -0.0476. The third kappa shape index (κ3) is 4.25. The van der Waals surface area contributed by atoms with Gasteiger partial charge >= 0.3 is 0 Å². The Bertz CT molecular complexity index is 1140. The van der Waals surface area contributed by atoms with Crippen LogP contribution in [0.25, 0.3) is 22.5 Å². The Morgan fingerprint density at radius 3 is 2.07 bits per heavy atom. The van der Waals surface area contributed by atoms with Crippen LogP contribution in [0.15, 0.2) is 72.8 Å². The first-order valence-corrected chi connectivity index (χ1v) is 9.48. The molecule has 0 amide bonds. The summed E-state index contributed by atoms with van der Waals surface area (Å²) in [6, 6.07) is 20.5. The molecule has 0 spiro atoms. The molecule has 3 aromatic carbocycles. The van der Waals surface area contributed by atoms with Crippen LogP contribution in [-0.4, -0.2) is 20.0 Å².